The number of rotatable bonds is 6. The molecule has 1 N–H and O–H groups in total. The van der Waals surface area contributed by atoms with Crippen LogP contribution in [0, 0.1) is 24.2 Å². The molecule has 0 aliphatic heterocycles. The highest BCUT2D eigenvalue weighted by Crippen LogP contribution is 2.22. The molecule has 0 unspecified atom stereocenters. The van der Waals surface area contributed by atoms with Crippen molar-refractivity contribution >= 4 is 23.6 Å². The van der Waals surface area contributed by atoms with Crippen molar-refractivity contribution in [2.24, 2.45) is 5.92 Å². The zero-order chi connectivity index (χ0) is 18.4. The van der Waals surface area contributed by atoms with Crippen molar-refractivity contribution in [1.82, 2.24) is 15.1 Å². The molecule has 0 saturated carbocycles. The van der Waals surface area contributed by atoms with Crippen LogP contribution in [0.1, 0.15) is 36.2 Å². The Balaban J connectivity index is 1.98. The Kier molecular flexibility index (Phi) is 6.37. The number of nitriles is 1. The maximum atomic E-state index is 12.0. The summed E-state index contributed by atoms with van der Waals surface area (Å²) in [6.07, 6.45) is 3.15. The average molecular weight is 357 g/mol. The molecule has 0 aliphatic rings. The highest BCUT2D eigenvalue weighted by Gasteiger charge is 2.12. The van der Waals surface area contributed by atoms with E-state index in [0.717, 1.165) is 23.4 Å². The molecular formula is C19H21ClN4O. The van der Waals surface area contributed by atoms with Crippen LogP contribution in [0.4, 0.5) is 0 Å². The Morgan fingerprint density at radius 1 is 1.40 bits per heavy atom. The van der Waals surface area contributed by atoms with E-state index in [-0.39, 0.29) is 5.91 Å². The van der Waals surface area contributed by atoms with Crippen molar-refractivity contribution in [1.29, 1.82) is 5.26 Å². The van der Waals surface area contributed by atoms with Crippen LogP contribution >= 0.6 is 11.6 Å². The first-order valence-corrected chi connectivity index (χ1v) is 8.46. The first-order chi connectivity index (χ1) is 11.9. The Hall–Kier alpha value is -2.58. The highest BCUT2D eigenvalue weighted by atomic mass is 35.5. The van der Waals surface area contributed by atoms with Gasteiger partial charge < -0.3 is 5.32 Å². The molecule has 0 bridgehead atoms. The lowest BCUT2D eigenvalue weighted by Crippen LogP contribution is -2.20. The van der Waals surface area contributed by atoms with Crippen molar-refractivity contribution in [3.8, 4) is 6.07 Å². The monoisotopic (exact) mass is 356 g/mol. The lowest BCUT2D eigenvalue weighted by Gasteiger charge is -2.05. The highest BCUT2D eigenvalue weighted by molar-refractivity contribution is 6.31. The number of amides is 1. The van der Waals surface area contributed by atoms with Gasteiger partial charge >= 0.3 is 0 Å². The molecule has 130 valence electrons. The lowest BCUT2D eigenvalue weighted by molar-refractivity contribution is -0.116. The van der Waals surface area contributed by atoms with Crippen LogP contribution in [0.15, 0.2) is 30.3 Å². The number of aromatic nitrogens is 2. The van der Waals surface area contributed by atoms with E-state index < -0.39 is 0 Å². The second-order valence-corrected chi connectivity index (χ2v) is 6.58. The van der Waals surface area contributed by atoms with Crippen LogP contribution in [-0.2, 0) is 17.9 Å². The number of nitrogens with one attached hydrogen (secondary N) is 1. The quantitative estimate of drug-likeness (QED) is 0.802. The molecule has 0 atom stereocenters. The van der Waals surface area contributed by atoms with E-state index in [1.54, 1.807) is 22.9 Å². The molecule has 0 saturated heterocycles. The molecule has 1 heterocycles. The Morgan fingerprint density at radius 2 is 2.08 bits per heavy atom. The second kappa shape index (κ2) is 8.50. The van der Waals surface area contributed by atoms with Crippen LogP contribution in [0.3, 0.4) is 0 Å². The Labute approximate surface area is 152 Å². The summed E-state index contributed by atoms with van der Waals surface area (Å²) < 4.78 is 1.76. The topological polar surface area (TPSA) is 70.7 Å². The van der Waals surface area contributed by atoms with Gasteiger partial charge in [0.2, 0.25) is 5.91 Å². The van der Waals surface area contributed by atoms with Gasteiger partial charge in [-0.2, -0.15) is 10.4 Å². The van der Waals surface area contributed by atoms with Crippen LogP contribution < -0.4 is 5.32 Å². The Morgan fingerprint density at radius 3 is 2.68 bits per heavy atom. The summed E-state index contributed by atoms with van der Waals surface area (Å²) >= 11 is 6.35. The molecule has 2 aromatic rings. The zero-order valence-electron chi connectivity index (χ0n) is 14.6. The summed E-state index contributed by atoms with van der Waals surface area (Å²) in [5, 5.41) is 16.5. The first kappa shape index (κ1) is 18.8. The predicted octanol–water partition coefficient (Wildman–Crippen LogP) is 3.70. The van der Waals surface area contributed by atoms with E-state index in [2.05, 4.69) is 30.3 Å². The van der Waals surface area contributed by atoms with Gasteiger partial charge in [0, 0.05) is 24.7 Å². The molecule has 5 nitrogen and oxygen atoms in total. The maximum Gasteiger partial charge on any atom is 0.244 e. The predicted molar refractivity (Wildman–Crippen MR) is 98.8 cm³/mol. The molecule has 1 amide bonds. The van der Waals surface area contributed by atoms with Gasteiger partial charge in [0.25, 0.3) is 0 Å². The minimum Gasteiger partial charge on any atom is -0.348 e. The van der Waals surface area contributed by atoms with Crippen LogP contribution in [0.25, 0.3) is 6.08 Å². The molecule has 25 heavy (non-hydrogen) atoms. The molecule has 2 rings (SSSR count). The summed E-state index contributed by atoms with van der Waals surface area (Å²) in [6, 6.07) is 9.15. The molecule has 1 aromatic heterocycles. The van der Waals surface area contributed by atoms with Crippen molar-refractivity contribution in [2.75, 3.05) is 0 Å². The number of aryl methyl sites for hydroxylation is 1. The minimum absolute atomic E-state index is 0.212. The number of carbonyl (C=O) groups is 1. The number of benzene rings is 1. The van der Waals surface area contributed by atoms with Crippen molar-refractivity contribution < 1.29 is 4.79 Å². The van der Waals surface area contributed by atoms with Crippen LogP contribution in [-0.4, -0.2) is 15.7 Å². The summed E-state index contributed by atoms with van der Waals surface area (Å²) in [4.78, 5) is 12.0. The Bertz CT molecular complexity index is 813. The number of carbonyl (C=O) groups excluding carboxylic acids is 1. The minimum atomic E-state index is -0.212. The fourth-order valence-corrected chi connectivity index (χ4v) is 2.63. The number of halogens is 1. The standard InChI is InChI=1S/C19H21ClN4O/c1-13(2)12-24-19(20)17(14(3)23-24)8-9-18(25)22-11-16-6-4-15(10-21)5-7-16/h4-9,13H,11-12H2,1-3H3,(H,22,25)/b9-8+. The average Bonchev–Trinajstić information content (AvgIpc) is 2.84. The molecular weight excluding hydrogens is 336 g/mol. The molecule has 6 heteroatoms. The maximum absolute atomic E-state index is 12.0. The van der Waals surface area contributed by atoms with Gasteiger partial charge in [-0.05, 0) is 36.6 Å². The van der Waals surface area contributed by atoms with E-state index in [1.165, 1.54) is 6.08 Å². The summed E-state index contributed by atoms with van der Waals surface area (Å²) in [6.45, 7) is 7.20. The number of hydrogen-bond acceptors (Lipinski definition) is 3. The summed E-state index contributed by atoms with van der Waals surface area (Å²) in [5.74, 6) is 0.223. The van der Waals surface area contributed by atoms with E-state index in [0.29, 0.717) is 23.2 Å². The molecule has 0 spiro atoms. The smallest absolute Gasteiger partial charge is 0.244 e. The van der Waals surface area contributed by atoms with Gasteiger partial charge in [0.1, 0.15) is 5.15 Å². The fraction of sp³-hybridized carbons (Fsp3) is 0.316. The van der Waals surface area contributed by atoms with E-state index in [9.17, 15) is 4.79 Å². The second-order valence-electron chi connectivity index (χ2n) is 6.23. The lowest BCUT2D eigenvalue weighted by atomic mass is 10.1. The van der Waals surface area contributed by atoms with Gasteiger partial charge in [-0.25, -0.2) is 0 Å². The third kappa shape index (κ3) is 5.20. The third-order valence-electron chi connectivity index (χ3n) is 3.60. The van der Waals surface area contributed by atoms with Crippen molar-refractivity contribution in [2.45, 2.75) is 33.9 Å². The van der Waals surface area contributed by atoms with Gasteiger partial charge in [-0.15, -0.1) is 0 Å². The first-order valence-electron chi connectivity index (χ1n) is 8.08. The molecule has 0 radical (unpaired) electrons. The van der Waals surface area contributed by atoms with Gasteiger partial charge in [0.15, 0.2) is 0 Å². The number of nitrogens with zero attached hydrogens (tertiary/aromatic N) is 3. The fourth-order valence-electron chi connectivity index (χ4n) is 2.33. The van der Waals surface area contributed by atoms with Crippen molar-refractivity contribution in [3.63, 3.8) is 0 Å². The summed E-state index contributed by atoms with van der Waals surface area (Å²) in [7, 11) is 0. The summed E-state index contributed by atoms with van der Waals surface area (Å²) in [5.41, 5.74) is 3.08. The van der Waals surface area contributed by atoms with E-state index in [1.807, 2.05) is 19.1 Å². The van der Waals surface area contributed by atoms with Gasteiger partial charge in [0.05, 0.1) is 17.3 Å². The number of hydrogen-bond donors (Lipinski definition) is 1. The van der Waals surface area contributed by atoms with Gasteiger partial charge in [-0.1, -0.05) is 37.6 Å². The SMILES string of the molecule is Cc1nn(CC(C)C)c(Cl)c1/C=C/C(=O)NCc1ccc(C#N)cc1. The third-order valence-corrected chi connectivity index (χ3v) is 4.00. The normalized spacial score (nSPS) is 11.0. The van der Waals surface area contributed by atoms with Crippen LogP contribution in [0.5, 0.6) is 0 Å². The van der Waals surface area contributed by atoms with E-state index >= 15 is 0 Å². The van der Waals surface area contributed by atoms with Crippen LogP contribution in [0.2, 0.25) is 5.15 Å². The van der Waals surface area contributed by atoms with Crippen molar-refractivity contribution in [3.05, 3.63) is 57.9 Å². The molecule has 0 fully saturated rings. The van der Waals surface area contributed by atoms with E-state index in [4.69, 9.17) is 16.9 Å². The zero-order valence-corrected chi connectivity index (χ0v) is 15.3. The molecule has 0 aliphatic carbocycles. The largest absolute Gasteiger partial charge is 0.348 e. The van der Waals surface area contributed by atoms with Gasteiger partial charge in [-0.3, -0.25) is 9.48 Å². The molecule has 1 aromatic carbocycles.